The van der Waals surface area contributed by atoms with Crippen LogP contribution in [-0.4, -0.2) is 27.0 Å². The van der Waals surface area contributed by atoms with Crippen LogP contribution in [-0.2, 0) is 25.7 Å². The van der Waals surface area contributed by atoms with Gasteiger partial charge in [0.2, 0.25) is 16.5 Å². The first-order valence-corrected chi connectivity index (χ1v) is 18.8. The van der Waals surface area contributed by atoms with E-state index in [2.05, 4.69) is 9.95 Å². The minimum absolute atomic E-state index is 0.00338. The fourth-order valence-corrected chi connectivity index (χ4v) is 9.02. The molecule has 12 nitrogen and oxygen atoms in total. The molecule has 258 valence electrons. The van der Waals surface area contributed by atoms with E-state index in [1.54, 1.807) is 48.5 Å². The van der Waals surface area contributed by atoms with Crippen molar-refractivity contribution in [1.82, 2.24) is 0 Å². The number of diazo groups is 2. The van der Waals surface area contributed by atoms with Crippen LogP contribution in [0.4, 0.5) is 5.69 Å². The third kappa shape index (κ3) is 6.31. The van der Waals surface area contributed by atoms with Gasteiger partial charge in [-0.1, -0.05) is 56.3 Å². The van der Waals surface area contributed by atoms with Crippen molar-refractivity contribution < 1.29 is 35.4 Å². The second-order valence-corrected chi connectivity index (χ2v) is 15.0. The zero-order valence-corrected chi connectivity index (χ0v) is 29.1. The number of aliphatic hydroxyl groups is 1. The quantitative estimate of drug-likeness (QED) is 0.118. The molecule has 0 radical (unpaired) electrons. The molecule has 0 aliphatic heterocycles. The van der Waals surface area contributed by atoms with Gasteiger partial charge in [-0.15, -0.1) is 0 Å². The zero-order chi connectivity index (χ0) is 36.6. The smallest absolute Gasteiger partial charge is 0.426 e. The number of aliphatic hydroxyl groups excluding tert-OH is 1. The molecule has 0 saturated heterocycles. The molecule has 51 heavy (non-hydrogen) atoms. The molecule has 0 fully saturated rings. The van der Waals surface area contributed by atoms with E-state index in [1.165, 1.54) is 48.6 Å². The van der Waals surface area contributed by atoms with E-state index in [9.17, 15) is 27.0 Å². The first-order valence-electron chi connectivity index (χ1n) is 15.9. The second kappa shape index (κ2) is 13.4. The molecule has 6 rings (SSSR count). The van der Waals surface area contributed by atoms with Crippen LogP contribution in [0.25, 0.3) is 20.7 Å². The molecule has 4 aromatic rings. The van der Waals surface area contributed by atoms with Crippen LogP contribution in [0, 0.1) is 10.8 Å². The number of aromatic hydroxyl groups is 1. The molecule has 2 N–H and O–H groups in total. The van der Waals surface area contributed by atoms with Crippen molar-refractivity contribution in [1.29, 1.82) is 10.8 Å². The molecule has 2 aliphatic rings. The average Bonchev–Trinajstić information content (AvgIpc) is 3.13. The van der Waals surface area contributed by atoms with Gasteiger partial charge in [-0.2, -0.15) is 16.8 Å². The summed E-state index contributed by atoms with van der Waals surface area (Å²) < 4.78 is 64.6. The number of nitrogens with zero attached hydrogens (tertiary/aromatic N) is 4. The summed E-state index contributed by atoms with van der Waals surface area (Å²) in [6, 6.07) is 20.5. The normalized spacial score (nSPS) is 14.8. The standard InChI is InChI=1S/C37H30N4O8S2/c1-3-37(4-2,23-8-13-26(14-9-23)48-50(44,45)34-7-5-6-30-28(34)18-19-32(41-39)36(30)43)24-10-15-27(16-11-24)49-51(46,47)35-21-20-33(42)31-22-25(40-38)12-17-29(31)35/h5-19,21H,3-4,20,22H2,1-2H3/p+2. The number of phenols is 1. The summed E-state index contributed by atoms with van der Waals surface area (Å²) in [4.78, 5) is 5.93. The second-order valence-electron chi connectivity index (χ2n) is 12.0. The van der Waals surface area contributed by atoms with E-state index in [0.717, 1.165) is 11.1 Å². The van der Waals surface area contributed by atoms with Crippen LogP contribution in [0.1, 0.15) is 50.7 Å². The van der Waals surface area contributed by atoms with Crippen molar-refractivity contribution in [2.75, 3.05) is 0 Å². The van der Waals surface area contributed by atoms with Gasteiger partial charge in [-0.3, -0.25) is 0 Å². The van der Waals surface area contributed by atoms with Crippen molar-refractivity contribution >= 4 is 36.7 Å². The highest BCUT2D eigenvalue weighted by Gasteiger charge is 2.35. The van der Waals surface area contributed by atoms with Crippen molar-refractivity contribution in [3.05, 3.63) is 146 Å². The third-order valence-corrected chi connectivity index (χ3v) is 12.0. The van der Waals surface area contributed by atoms with Gasteiger partial charge in [0.25, 0.3) is 0 Å². The third-order valence-electron chi connectivity index (χ3n) is 9.40. The van der Waals surface area contributed by atoms with Crippen molar-refractivity contribution in [3.63, 3.8) is 0 Å². The zero-order valence-electron chi connectivity index (χ0n) is 27.5. The Balaban J connectivity index is 1.23. The number of allylic oxidation sites excluding steroid dienone is 5. The van der Waals surface area contributed by atoms with Gasteiger partial charge in [0.05, 0.1) is 6.42 Å². The van der Waals surface area contributed by atoms with Crippen LogP contribution >= 0.6 is 0 Å². The Bertz CT molecular complexity index is 2500. The topological polar surface area (TPSA) is 184 Å². The van der Waals surface area contributed by atoms with E-state index in [-0.39, 0.29) is 73.4 Å². The highest BCUT2D eigenvalue weighted by atomic mass is 32.2. The molecule has 2 aliphatic carbocycles. The number of hydrogen-bond donors (Lipinski definition) is 2. The largest absolute Gasteiger partial charge is 0.512 e. The number of rotatable bonds is 10. The Hall–Kier alpha value is -5.96. The van der Waals surface area contributed by atoms with Gasteiger partial charge < -0.3 is 18.6 Å². The predicted octanol–water partition coefficient (Wildman–Crippen LogP) is 8.78. The van der Waals surface area contributed by atoms with Gasteiger partial charge in [-0.25, -0.2) is 0 Å². The fraction of sp³-hybridized carbons (Fsp3) is 0.189. The van der Waals surface area contributed by atoms with Gasteiger partial charge >= 0.3 is 31.6 Å². The van der Waals surface area contributed by atoms with E-state index in [1.807, 2.05) is 13.8 Å². The van der Waals surface area contributed by atoms with Crippen LogP contribution < -0.4 is 8.37 Å². The maximum absolute atomic E-state index is 13.4. The monoisotopic (exact) mass is 724 g/mol. The molecule has 0 spiro atoms. The minimum Gasteiger partial charge on any atom is -0.512 e. The fourth-order valence-electron chi connectivity index (χ4n) is 6.67. The molecule has 4 aromatic carbocycles. The molecule has 0 amide bonds. The Morgan fingerprint density at radius 3 is 1.92 bits per heavy atom. The maximum Gasteiger partial charge on any atom is 0.426 e. The summed E-state index contributed by atoms with van der Waals surface area (Å²) in [7, 11) is -8.62. The Morgan fingerprint density at radius 1 is 0.745 bits per heavy atom. The van der Waals surface area contributed by atoms with Crippen LogP contribution in [0.15, 0.2) is 129 Å². The molecule has 0 atom stereocenters. The lowest BCUT2D eigenvalue weighted by molar-refractivity contribution is 0.391. The lowest BCUT2D eigenvalue weighted by atomic mass is 9.70. The minimum atomic E-state index is -4.34. The maximum atomic E-state index is 13.4. The van der Waals surface area contributed by atoms with E-state index in [0.29, 0.717) is 18.4 Å². The first kappa shape index (κ1) is 34.9. The van der Waals surface area contributed by atoms with Gasteiger partial charge in [0, 0.05) is 45.9 Å². The molecule has 0 saturated carbocycles. The lowest BCUT2D eigenvalue weighted by Gasteiger charge is -2.33. The number of hydrogen-bond acceptors (Lipinski definition) is 10. The lowest BCUT2D eigenvalue weighted by Crippen LogP contribution is -2.26. The Labute approximate surface area is 294 Å². The number of phenolic OH excluding ortho intramolecular Hbond substituents is 1. The Kier molecular flexibility index (Phi) is 9.16. The number of benzene rings is 4. The van der Waals surface area contributed by atoms with Crippen LogP contribution in [0.2, 0.25) is 0 Å². The summed E-state index contributed by atoms with van der Waals surface area (Å²) in [5.74, 6) is -0.199. The SMILES string of the molecule is CCC(CC)(c1ccc(OS(=O)(=O)C2=CCC(O)=C3CC([N+]#N)=CC=C23)cc1)c1ccc(OS(=O)(=O)c2cccc3c(O)c([N+]#N)ccc23)cc1. The summed E-state index contributed by atoms with van der Waals surface area (Å²) in [5.41, 5.74) is 2.08. The highest BCUT2D eigenvalue weighted by Crippen LogP contribution is 2.43. The summed E-state index contributed by atoms with van der Waals surface area (Å²) in [6.07, 6.45) is 5.74. The summed E-state index contributed by atoms with van der Waals surface area (Å²) in [5, 5.41) is 39.4. The molecule has 0 bridgehead atoms. The molecule has 14 heteroatoms. The van der Waals surface area contributed by atoms with Gasteiger partial charge in [-0.05, 0) is 66.4 Å². The molecule has 0 aromatic heterocycles. The van der Waals surface area contributed by atoms with Crippen molar-refractivity contribution in [3.8, 4) is 17.2 Å². The van der Waals surface area contributed by atoms with E-state index < -0.39 is 25.7 Å². The average molecular weight is 725 g/mol. The first-order chi connectivity index (χ1) is 24.4. The van der Waals surface area contributed by atoms with Crippen molar-refractivity contribution in [2.24, 2.45) is 0 Å². The van der Waals surface area contributed by atoms with E-state index >= 15 is 0 Å². The van der Waals surface area contributed by atoms with Crippen LogP contribution in [0.5, 0.6) is 17.2 Å². The summed E-state index contributed by atoms with van der Waals surface area (Å²) in [6.45, 7) is 4.05. The highest BCUT2D eigenvalue weighted by molar-refractivity contribution is 7.91. The Morgan fingerprint density at radius 2 is 1.35 bits per heavy atom. The van der Waals surface area contributed by atoms with E-state index in [4.69, 9.17) is 19.2 Å². The summed E-state index contributed by atoms with van der Waals surface area (Å²) >= 11 is 0. The van der Waals surface area contributed by atoms with Crippen molar-refractivity contribution in [2.45, 2.75) is 49.8 Å². The van der Waals surface area contributed by atoms with Crippen LogP contribution in [0.3, 0.4) is 0 Å². The van der Waals surface area contributed by atoms with Gasteiger partial charge in [0.1, 0.15) is 27.1 Å². The molecular formula is C37H32N4O8S2+2. The molecular weight excluding hydrogens is 693 g/mol. The molecule has 0 heterocycles. The van der Waals surface area contributed by atoms with Gasteiger partial charge in [0.15, 0.2) is 9.95 Å². The number of fused-ring (bicyclic) bond motifs is 2. The molecule has 0 unspecified atom stereocenters. The predicted molar refractivity (Wildman–Crippen MR) is 190 cm³/mol.